The fraction of sp³-hybridized carbons (Fsp3) is 0.133. The maximum absolute atomic E-state index is 12.0. The first kappa shape index (κ1) is 14.6. The van der Waals surface area contributed by atoms with Gasteiger partial charge in [-0.1, -0.05) is 6.07 Å². The summed E-state index contributed by atoms with van der Waals surface area (Å²) in [5.74, 6) is 0.676. The quantitative estimate of drug-likeness (QED) is 0.655. The molecule has 2 heterocycles. The smallest absolute Gasteiger partial charge is 0.337 e. The molecule has 0 saturated carbocycles. The number of hydrogen-bond acceptors (Lipinski definition) is 6. The number of H-pyrrole nitrogens is 2. The second-order valence-corrected chi connectivity index (χ2v) is 4.79. The Bertz CT molecular complexity index is 1030. The molecule has 0 spiro atoms. The Morgan fingerprint density at radius 3 is 2.78 bits per heavy atom. The maximum atomic E-state index is 12.0. The van der Waals surface area contributed by atoms with Crippen molar-refractivity contribution in [3.63, 3.8) is 0 Å². The van der Waals surface area contributed by atoms with E-state index in [4.69, 9.17) is 9.15 Å². The van der Waals surface area contributed by atoms with E-state index in [9.17, 15) is 14.4 Å². The topological polar surface area (TPSA) is 117 Å². The lowest BCUT2D eigenvalue weighted by Crippen LogP contribution is -2.24. The first-order valence-corrected chi connectivity index (χ1v) is 6.74. The number of aromatic nitrogens is 2. The number of ether oxygens (including phenoxy) is 1. The van der Waals surface area contributed by atoms with Crippen LogP contribution in [0.3, 0.4) is 0 Å². The Labute approximate surface area is 128 Å². The lowest BCUT2D eigenvalue weighted by molar-refractivity contribution is 0.415. The van der Waals surface area contributed by atoms with Gasteiger partial charge in [0.15, 0.2) is 0 Å². The zero-order valence-electron chi connectivity index (χ0n) is 12.1. The molecular weight excluding hydrogens is 302 g/mol. The van der Waals surface area contributed by atoms with Crippen LogP contribution in [0.4, 0.5) is 5.69 Å². The molecule has 0 bridgehead atoms. The number of rotatable bonds is 4. The van der Waals surface area contributed by atoms with Gasteiger partial charge in [-0.05, 0) is 17.7 Å². The van der Waals surface area contributed by atoms with Crippen molar-refractivity contribution in [3.05, 3.63) is 67.2 Å². The molecule has 118 valence electrons. The predicted octanol–water partition coefficient (Wildman–Crippen LogP) is 0.790. The van der Waals surface area contributed by atoms with Gasteiger partial charge < -0.3 is 14.5 Å². The van der Waals surface area contributed by atoms with Gasteiger partial charge in [-0.3, -0.25) is 14.8 Å². The standard InChI is InChI=1S/C15H13N3O5/c1-22-10-4-2-3-9(6-10)16-7-8-5-11(19)23-14-12(8)13(20)17-15(21)18-14/h2-6,16H,7H2,1H3,(H2,17,18,20,21). The highest BCUT2D eigenvalue weighted by atomic mass is 16.5. The highest BCUT2D eigenvalue weighted by Crippen LogP contribution is 2.18. The van der Waals surface area contributed by atoms with Crippen molar-refractivity contribution >= 4 is 16.8 Å². The summed E-state index contributed by atoms with van der Waals surface area (Å²) < 4.78 is 10.0. The second kappa shape index (κ2) is 5.84. The number of methoxy groups -OCH3 is 1. The van der Waals surface area contributed by atoms with Gasteiger partial charge in [0.05, 0.1) is 7.11 Å². The van der Waals surface area contributed by atoms with Gasteiger partial charge in [0.1, 0.15) is 11.1 Å². The summed E-state index contributed by atoms with van der Waals surface area (Å²) >= 11 is 0. The average molecular weight is 315 g/mol. The zero-order chi connectivity index (χ0) is 16.4. The van der Waals surface area contributed by atoms with Crippen LogP contribution in [0.25, 0.3) is 11.1 Å². The van der Waals surface area contributed by atoms with Crippen LogP contribution in [0, 0.1) is 0 Å². The summed E-state index contributed by atoms with van der Waals surface area (Å²) in [5.41, 5.74) is -0.975. The molecule has 0 atom stereocenters. The second-order valence-electron chi connectivity index (χ2n) is 4.79. The normalized spacial score (nSPS) is 10.7. The zero-order valence-corrected chi connectivity index (χ0v) is 12.1. The van der Waals surface area contributed by atoms with Crippen molar-refractivity contribution in [3.8, 4) is 5.75 Å². The molecule has 8 heteroatoms. The third kappa shape index (κ3) is 3.00. The molecule has 1 aromatic carbocycles. The Balaban J connectivity index is 2.01. The van der Waals surface area contributed by atoms with E-state index in [0.717, 1.165) is 5.69 Å². The summed E-state index contributed by atoms with van der Waals surface area (Å²) in [5, 5.41) is 3.22. The van der Waals surface area contributed by atoms with Gasteiger partial charge in [0.25, 0.3) is 5.56 Å². The summed E-state index contributed by atoms with van der Waals surface area (Å²) in [6.45, 7) is 0.199. The number of anilines is 1. The molecule has 0 amide bonds. The van der Waals surface area contributed by atoms with Crippen LogP contribution in [0.5, 0.6) is 5.75 Å². The van der Waals surface area contributed by atoms with E-state index in [1.807, 2.05) is 12.1 Å². The molecule has 23 heavy (non-hydrogen) atoms. The highest BCUT2D eigenvalue weighted by Gasteiger charge is 2.11. The van der Waals surface area contributed by atoms with Crippen LogP contribution >= 0.6 is 0 Å². The Hall–Kier alpha value is -3.29. The molecule has 3 N–H and O–H groups in total. The van der Waals surface area contributed by atoms with Crippen molar-refractivity contribution in [2.24, 2.45) is 0 Å². The fourth-order valence-corrected chi connectivity index (χ4v) is 2.25. The minimum absolute atomic E-state index is 0.125. The van der Waals surface area contributed by atoms with Crippen LogP contribution in [-0.4, -0.2) is 17.1 Å². The van der Waals surface area contributed by atoms with E-state index in [0.29, 0.717) is 11.3 Å². The van der Waals surface area contributed by atoms with E-state index < -0.39 is 16.9 Å². The van der Waals surface area contributed by atoms with Crippen LogP contribution < -0.4 is 26.9 Å². The lowest BCUT2D eigenvalue weighted by atomic mass is 10.2. The third-order valence-electron chi connectivity index (χ3n) is 3.28. The minimum Gasteiger partial charge on any atom is -0.497 e. The molecule has 8 nitrogen and oxygen atoms in total. The predicted molar refractivity (Wildman–Crippen MR) is 84.0 cm³/mol. The van der Waals surface area contributed by atoms with E-state index in [1.165, 1.54) is 6.07 Å². The first-order chi connectivity index (χ1) is 11.1. The van der Waals surface area contributed by atoms with Gasteiger partial charge in [0, 0.05) is 24.4 Å². The van der Waals surface area contributed by atoms with Crippen molar-refractivity contribution in [2.75, 3.05) is 12.4 Å². The SMILES string of the molecule is COc1cccc(NCc2cc(=O)oc3[nH]c(=O)[nH]c(=O)c23)c1. The van der Waals surface area contributed by atoms with Gasteiger partial charge in [-0.15, -0.1) is 0 Å². The first-order valence-electron chi connectivity index (χ1n) is 6.74. The van der Waals surface area contributed by atoms with Crippen LogP contribution in [0.15, 0.2) is 49.1 Å². The van der Waals surface area contributed by atoms with Gasteiger partial charge in [-0.2, -0.15) is 0 Å². The minimum atomic E-state index is -0.733. The van der Waals surface area contributed by atoms with Crippen LogP contribution in [0.1, 0.15) is 5.56 Å². The third-order valence-corrected chi connectivity index (χ3v) is 3.28. The average Bonchev–Trinajstić information content (AvgIpc) is 2.51. The molecule has 0 saturated heterocycles. The van der Waals surface area contributed by atoms with Gasteiger partial charge >= 0.3 is 11.3 Å². The van der Waals surface area contributed by atoms with E-state index >= 15 is 0 Å². The molecule has 0 aliphatic rings. The molecule has 3 rings (SSSR count). The molecule has 2 aromatic heterocycles. The monoisotopic (exact) mass is 315 g/mol. The summed E-state index contributed by atoms with van der Waals surface area (Å²) in [4.78, 5) is 39.2. The molecule has 3 aromatic rings. The van der Waals surface area contributed by atoms with E-state index in [1.54, 1.807) is 19.2 Å². The fourth-order valence-electron chi connectivity index (χ4n) is 2.25. The molecular formula is C15H13N3O5. The highest BCUT2D eigenvalue weighted by molar-refractivity contribution is 5.75. The lowest BCUT2D eigenvalue weighted by Gasteiger charge is -2.09. The Morgan fingerprint density at radius 2 is 2.00 bits per heavy atom. The number of hydrogen-bond donors (Lipinski definition) is 3. The van der Waals surface area contributed by atoms with Crippen molar-refractivity contribution in [1.82, 2.24) is 9.97 Å². The summed E-state index contributed by atoms with van der Waals surface area (Å²) in [6, 6.07) is 8.42. The molecule has 0 fully saturated rings. The van der Waals surface area contributed by atoms with Crippen molar-refractivity contribution in [2.45, 2.75) is 6.54 Å². The van der Waals surface area contributed by atoms with Crippen molar-refractivity contribution < 1.29 is 9.15 Å². The molecule has 0 radical (unpaired) electrons. The summed E-state index contributed by atoms with van der Waals surface area (Å²) in [6.07, 6.45) is 0. The number of aromatic amines is 2. The summed E-state index contributed by atoms with van der Waals surface area (Å²) in [7, 11) is 1.56. The number of fused-ring (bicyclic) bond motifs is 1. The van der Waals surface area contributed by atoms with E-state index in [-0.39, 0.29) is 17.6 Å². The van der Waals surface area contributed by atoms with Gasteiger partial charge in [-0.25, -0.2) is 9.59 Å². The van der Waals surface area contributed by atoms with Crippen molar-refractivity contribution in [1.29, 1.82) is 0 Å². The molecule has 0 unspecified atom stereocenters. The van der Waals surface area contributed by atoms with Gasteiger partial charge in [0.2, 0.25) is 5.71 Å². The Morgan fingerprint density at radius 1 is 1.17 bits per heavy atom. The van der Waals surface area contributed by atoms with E-state index in [2.05, 4.69) is 15.3 Å². The molecule has 0 aliphatic heterocycles. The van der Waals surface area contributed by atoms with Crippen LogP contribution in [-0.2, 0) is 6.54 Å². The van der Waals surface area contributed by atoms with Crippen LogP contribution in [0.2, 0.25) is 0 Å². The maximum Gasteiger partial charge on any atom is 0.337 e. The Kier molecular flexibility index (Phi) is 3.71. The number of nitrogens with one attached hydrogen (secondary N) is 3. The number of benzene rings is 1. The molecule has 0 aliphatic carbocycles. The largest absolute Gasteiger partial charge is 0.497 e.